The van der Waals surface area contributed by atoms with Crippen molar-refractivity contribution in [1.29, 1.82) is 0 Å². The number of hydrogen-bond donors (Lipinski definition) is 0. The molecule has 1 atom stereocenters. The van der Waals surface area contributed by atoms with Crippen LogP contribution in [0, 0.1) is 5.41 Å². The van der Waals surface area contributed by atoms with E-state index in [1.54, 1.807) is 0 Å². The topological polar surface area (TPSA) is 23.6 Å². The number of carbonyl (C=O) groups is 1. The van der Waals surface area contributed by atoms with Crippen molar-refractivity contribution in [2.24, 2.45) is 5.41 Å². The van der Waals surface area contributed by atoms with Crippen molar-refractivity contribution in [3.63, 3.8) is 0 Å². The summed E-state index contributed by atoms with van der Waals surface area (Å²) in [5.41, 5.74) is -0.0122. The maximum absolute atomic E-state index is 12.0. The SMILES string of the molecule is C.CC.CC.CN1CC[C@@]2(CCCN(C)C2=O)C1. The van der Waals surface area contributed by atoms with Gasteiger partial charge < -0.3 is 9.80 Å². The van der Waals surface area contributed by atoms with Crippen LogP contribution in [0.25, 0.3) is 0 Å². The van der Waals surface area contributed by atoms with E-state index in [0.717, 1.165) is 32.5 Å². The van der Waals surface area contributed by atoms with Crippen molar-refractivity contribution < 1.29 is 4.79 Å². The van der Waals surface area contributed by atoms with E-state index >= 15 is 0 Å². The summed E-state index contributed by atoms with van der Waals surface area (Å²) >= 11 is 0. The van der Waals surface area contributed by atoms with Crippen molar-refractivity contribution in [2.75, 3.05) is 33.7 Å². The fourth-order valence-corrected chi connectivity index (χ4v) is 2.73. The van der Waals surface area contributed by atoms with E-state index in [1.165, 1.54) is 6.42 Å². The highest BCUT2D eigenvalue weighted by molar-refractivity contribution is 5.83. The molecule has 0 saturated carbocycles. The summed E-state index contributed by atoms with van der Waals surface area (Å²) in [6.07, 6.45) is 3.34. The molecule has 0 bridgehead atoms. The number of amides is 1. The molecular formula is C15H34N2O. The molecule has 0 aliphatic carbocycles. The largest absolute Gasteiger partial charge is 0.345 e. The van der Waals surface area contributed by atoms with Gasteiger partial charge in [-0.25, -0.2) is 0 Å². The second kappa shape index (κ2) is 9.37. The van der Waals surface area contributed by atoms with Crippen LogP contribution in [-0.2, 0) is 4.79 Å². The van der Waals surface area contributed by atoms with E-state index in [4.69, 9.17) is 0 Å². The van der Waals surface area contributed by atoms with Gasteiger partial charge in [0, 0.05) is 20.1 Å². The Morgan fingerprint density at radius 1 is 1.00 bits per heavy atom. The van der Waals surface area contributed by atoms with Crippen LogP contribution >= 0.6 is 0 Å². The molecule has 0 unspecified atom stereocenters. The second-order valence-electron chi connectivity index (χ2n) is 4.60. The molecule has 18 heavy (non-hydrogen) atoms. The van der Waals surface area contributed by atoms with Crippen LogP contribution < -0.4 is 0 Å². The van der Waals surface area contributed by atoms with E-state index in [-0.39, 0.29) is 12.8 Å². The van der Waals surface area contributed by atoms with Gasteiger partial charge in [0.15, 0.2) is 0 Å². The Morgan fingerprint density at radius 3 is 2.00 bits per heavy atom. The summed E-state index contributed by atoms with van der Waals surface area (Å²) in [6, 6.07) is 0. The Morgan fingerprint density at radius 2 is 1.56 bits per heavy atom. The number of rotatable bonds is 0. The number of hydrogen-bond acceptors (Lipinski definition) is 2. The molecule has 2 aliphatic heterocycles. The third-order valence-corrected chi connectivity index (χ3v) is 3.49. The summed E-state index contributed by atoms with van der Waals surface area (Å²) in [7, 11) is 4.04. The van der Waals surface area contributed by atoms with Gasteiger partial charge in [0.1, 0.15) is 0 Å². The van der Waals surface area contributed by atoms with Crippen LogP contribution in [0.1, 0.15) is 54.4 Å². The van der Waals surface area contributed by atoms with Gasteiger partial charge in [-0.1, -0.05) is 35.1 Å². The summed E-state index contributed by atoms with van der Waals surface area (Å²) in [5.74, 6) is 0.378. The molecule has 2 heterocycles. The predicted octanol–water partition coefficient (Wildman–Crippen LogP) is 3.25. The fraction of sp³-hybridized carbons (Fsp3) is 0.933. The highest BCUT2D eigenvalue weighted by Crippen LogP contribution is 2.38. The molecule has 2 rings (SSSR count). The lowest BCUT2D eigenvalue weighted by molar-refractivity contribution is -0.143. The second-order valence-corrected chi connectivity index (χ2v) is 4.60. The van der Waals surface area contributed by atoms with Gasteiger partial charge in [-0.3, -0.25) is 4.79 Å². The van der Waals surface area contributed by atoms with Gasteiger partial charge in [0.05, 0.1) is 5.41 Å². The number of piperidine rings is 1. The van der Waals surface area contributed by atoms with Crippen molar-refractivity contribution >= 4 is 5.91 Å². The first-order chi connectivity index (χ1) is 8.14. The highest BCUT2D eigenvalue weighted by atomic mass is 16.2. The van der Waals surface area contributed by atoms with E-state index in [1.807, 2.05) is 39.6 Å². The lowest BCUT2D eigenvalue weighted by atomic mass is 9.78. The van der Waals surface area contributed by atoms with Crippen LogP contribution in [0.3, 0.4) is 0 Å². The normalized spacial score (nSPS) is 26.8. The Bertz CT molecular complexity index is 227. The molecular weight excluding hydrogens is 224 g/mol. The molecule has 1 amide bonds. The van der Waals surface area contributed by atoms with Gasteiger partial charge in [-0.15, -0.1) is 0 Å². The van der Waals surface area contributed by atoms with Crippen molar-refractivity contribution in [3.8, 4) is 0 Å². The minimum absolute atomic E-state index is 0. The van der Waals surface area contributed by atoms with Crippen LogP contribution in [0.2, 0.25) is 0 Å². The Hall–Kier alpha value is -0.570. The molecule has 3 heteroatoms. The summed E-state index contributed by atoms with van der Waals surface area (Å²) in [6.45, 7) is 11.0. The molecule has 0 N–H and O–H groups in total. The van der Waals surface area contributed by atoms with Gasteiger partial charge in [0.25, 0.3) is 0 Å². The predicted molar refractivity (Wildman–Crippen MR) is 80.8 cm³/mol. The zero-order valence-corrected chi connectivity index (χ0v) is 12.5. The summed E-state index contributed by atoms with van der Waals surface area (Å²) in [5, 5.41) is 0. The van der Waals surface area contributed by atoms with E-state index in [9.17, 15) is 4.79 Å². The maximum atomic E-state index is 12.0. The third-order valence-electron chi connectivity index (χ3n) is 3.49. The van der Waals surface area contributed by atoms with E-state index in [0.29, 0.717) is 5.91 Å². The van der Waals surface area contributed by atoms with Gasteiger partial charge in [-0.05, 0) is 32.9 Å². The highest BCUT2D eigenvalue weighted by Gasteiger charge is 2.46. The van der Waals surface area contributed by atoms with Crippen LogP contribution in [0.5, 0.6) is 0 Å². The van der Waals surface area contributed by atoms with Crippen molar-refractivity contribution in [1.82, 2.24) is 9.80 Å². The average Bonchev–Trinajstić information content (AvgIpc) is 2.74. The molecule has 1 spiro atoms. The first-order valence-corrected chi connectivity index (χ1v) is 7.08. The first-order valence-electron chi connectivity index (χ1n) is 7.08. The van der Waals surface area contributed by atoms with Gasteiger partial charge >= 0.3 is 0 Å². The van der Waals surface area contributed by atoms with E-state index < -0.39 is 0 Å². The molecule has 0 aromatic rings. The smallest absolute Gasteiger partial charge is 0.229 e. The van der Waals surface area contributed by atoms with Crippen molar-refractivity contribution in [2.45, 2.75) is 54.4 Å². The molecule has 3 nitrogen and oxygen atoms in total. The van der Waals surface area contributed by atoms with Crippen LogP contribution in [-0.4, -0.2) is 49.4 Å². The maximum Gasteiger partial charge on any atom is 0.229 e. The van der Waals surface area contributed by atoms with Crippen LogP contribution in [0.4, 0.5) is 0 Å². The first kappa shape index (κ1) is 19.8. The summed E-state index contributed by atoms with van der Waals surface area (Å²) < 4.78 is 0. The van der Waals surface area contributed by atoms with Crippen molar-refractivity contribution in [3.05, 3.63) is 0 Å². The molecule has 2 aliphatic rings. The number of carbonyl (C=O) groups excluding carboxylic acids is 1. The molecule has 0 aromatic carbocycles. The zero-order chi connectivity index (χ0) is 13.5. The molecule has 0 radical (unpaired) electrons. The lowest BCUT2D eigenvalue weighted by Crippen LogP contribution is -2.48. The average molecular weight is 258 g/mol. The Kier molecular flexibility index (Phi) is 10.3. The van der Waals surface area contributed by atoms with Crippen LogP contribution in [0.15, 0.2) is 0 Å². The minimum atomic E-state index is -0.0122. The number of nitrogens with zero attached hydrogens (tertiary/aromatic N) is 2. The van der Waals surface area contributed by atoms with E-state index in [2.05, 4.69) is 11.9 Å². The minimum Gasteiger partial charge on any atom is -0.345 e. The third kappa shape index (κ3) is 4.27. The number of likely N-dealkylation sites (tertiary alicyclic amines) is 2. The molecule has 2 saturated heterocycles. The quantitative estimate of drug-likeness (QED) is 0.666. The van der Waals surface area contributed by atoms with Gasteiger partial charge in [0.2, 0.25) is 5.91 Å². The summed E-state index contributed by atoms with van der Waals surface area (Å²) in [4.78, 5) is 16.2. The Balaban J connectivity index is 0. The zero-order valence-electron chi connectivity index (χ0n) is 12.5. The molecule has 2 fully saturated rings. The fourth-order valence-electron chi connectivity index (χ4n) is 2.73. The van der Waals surface area contributed by atoms with Gasteiger partial charge in [-0.2, -0.15) is 0 Å². The standard InChI is InChI=1S/C10H18N2O.2C2H6.CH4/c1-11-7-5-10(8-11)4-3-6-12(2)9(10)13;2*1-2;/h3-8H2,1-2H3;2*1-2H3;1H4/t10-;;;/m0.../s1. The monoisotopic (exact) mass is 258 g/mol. The lowest BCUT2D eigenvalue weighted by Gasteiger charge is -2.37. The molecule has 110 valence electrons. The Labute approximate surface area is 115 Å². The molecule has 0 aromatic heterocycles.